The molecular formula is C24H16F4N2O3. The molecule has 0 radical (unpaired) electrons. The number of aromatic nitrogens is 2. The van der Waals surface area contributed by atoms with Crippen molar-refractivity contribution in [1.82, 2.24) is 9.55 Å². The number of ether oxygens (including phenoxy) is 1. The zero-order chi connectivity index (χ0) is 23.8. The van der Waals surface area contributed by atoms with Crippen LogP contribution >= 0.6 is 0 Å². The third-order valence-electron chi connectivity index (χ3n) is 5.02. The molecule has 0 aliphatic carbocycles. The topological polar surface area (TPSA) is 61.2 Å². The summed E-state index contributed by atoms with van der Waals surface area (Å²) in [7, 11) is 0. The molecule has 33 heavy (non-hydrogen) atoms. The van der Waals surface area contributed by atoms with Gasteiger partial charge < -0.3 is 9.30 Å². The highest BCUT2D eigenvalue weighted by Gasteiger charge is 2.29. The summed E-state index contributed by atoms with van der Waals surface area (Å²) in [4.78, 5) is 27.1. The van der Waals surface area contributed by atoms with Crippen LogP contribution in [0.5, 0.6) is 11.5 Å². The van der Waals surface area contributed by atoms with Crippen molar-refractivity contribution in [2.75, 3.05) is 0 Å². The van der Waals surface area contributed by atoms with E-state index >= 15 is 0 Å². The fourth-order valence-corrected chi connectivity index (χ4v) is 3.39. The lowest BCUT2D eigenvalue weighted by Crippen LogP contribution is -2.14. The summed E-state index contributed by atoms with van der Waals surface area (Å²) < 4.78 is 62.5. The smallest absolute Gasteiger partial charge is 0.280 e. The molecule has 0 atom stereocenters. The van der Waals surface area contributed by atoms with Crippen LogP contribution in [0.25, 0.3) is 10.9 Å². The first-order chi connectivity index (χ1) is 15.7. The Kier molecular flexibility index (Phi) is 5.71. The molecule has 1 aromatic heterocycles. The summed E-state index contributed by atoms with van der Waals surface area (Å²) in [5, 5.41) is 0.117. The summed E-state index contributed by atoms with van der Waals surface area (Å²) in [5.41, 5.74) is -0.430. The molecule has 0 fully saturated rings. The third-order valence-corrected chi connectivity index (χ3v) is 5.02. The number of hydrogen-bond donors (Lipinski definition) is 0. The normalized spacial score (nSPS) is 11.5. The summed E-state index contributed by atoms with van der Waals surface area (Å²) in [5.74, 6) is -4.81. The molecule has 0 N–H and O–H groups in total. The van der Waals surface area contributed by atoms with Crippen molar-refractivity contribution in [3.05, 3.63) is 99.6 Å². The van der Waals surface area contributed by atoms with Gasteiger partial charge in [0.05, 0.1) is 29.3 Å². The minimum absolute atomic E-state index is 0.0184. The van der Waals surface area contributed by atoms with Crippen LogP contribution in [-0.2, 0) is 12.5 Å². The van der Waals surface area contributed by atoms with Crippen LogP contribution in [0.2, 0.25) is 0 Å². The van der Waals surface area contributed by atoms with Gasteiger partial charge in [-0.3, -0.25) is 9.59 Å². The predicted octanol–water partition coefficient (Wildman–Crippen LogP) is 5.44. The van der Waals surface area contributed by atoms with Crippen molar-refractivity contribution in [1.29, 1.82) is 0 Å². The van der Waals surface area contributed by atoms with E-state index in [4.69, 9.17) is 4.74 Å². The highest BCUT2D eigenvalue weighted by Crippen LogP contribution is 2.37. The Balaban J connectivity index is 1.73. The number of alkyl halides is 2. The monoisotopic (exact) mass is 456 g/mol. The fraction of sp³-hybridized carbons (Fsp3) is 0.125. The first-order valence-electron chi connectivity index (χ1n) is 9.74. The van der Waals surface area contributed by atoms with Crippen molar-refractivity contribution >= 4 is 17.2 Å². The van der Waals surface area contributed by atoms with Gasteiger partial charge in [0.1, 0.15) is 29.4 Å². The summed E-state index contributed by atoms with van der Waals surface area (Å²) in [6.07, 6.45) is 1.69. The van der Waals surface area contributed by atoms with E-state index in [0.717, 1.165) is 18.2 Å². The molecule has 4 rings (SSSR count). The minimum Gasteiger partial charge on any atom is -0.457 e. The Labute approximate surface area is 184 Å². The molecule has 4 aromatic rings. The molecule has 168 valence electrons. The molecule has 5 nitrogen and oxygen atoms in total. The molecule has 0 unspecified atom stereocenters. The predicted molar refractivity (Wildman–Crippen MR) is 113 cm³/mol. The van der Waals surface area contributed by atoms with E-state index in [-0.39, 0.29) is 34.6 Å². The van der Waals surface area contributed by atoms with Gasteiger partial charge >= 0.3 is 0 Å². The highest BCUT2D eigenvalue weighted by molar-refractivity contribution is 5.80. The average molecular weight is 456 g/mol. The lowest BCUT2D eigenvalue weighted by molar-refractivity contribution is 0.0155. The Morgan fingerprint density at radius 1 is 1.06 bits per heavy atom. The lowest BCUT2D eigenvalue weighted by Gasteiger charge is -2.17. The standard InChI is InChI=1S/C24H16F4N2O3/c1-24(27,28)19-8-14(12-31)2-7-22(19)33-17-5-6-21-18(10-17)23(32)29-13-30(21)11-15-3-4-16(25)9-20(15)26/h2-10,12-13H,11H2,1H3. The number of carbonyl (C=O) groups is 1. The molecule has 0 aliphatic heterocycles. The maximum Gasteiger partial charge on any atom is 0.280 e. The van der Waals surface area contributed by atoms with Crippen molar-refractivity contribution in [2.45, 2.75) is 19.4 Å². The van der Waals surface area contributed by atoms with E-state index in [2.05, 4.69) is 4.98 Å². The van der Waals surface area contributed by atoms with Gasteiger partial charge in [0.25, 0.3) is 11.5 Å². The van der Waals surface area contributed by atoms with E-state index in [1.807, 2.05) is 0 Å². The molecule has 0 spiro atoms. The fourth-order valence-electron chi connectivity index (χ4n) is 3.39. The zero-order valence-corrected chi connectivity index (χ0v) is 17.2. The molecule has 0 saturated carbocycles. The number of benzene rings is 3. The maximum absolute atomic E-state index is 14.1. The zero-order valence-electron chi connectivity index (χ0n) is 17.2. The second-order valence-electron chi connectivity index (χ2n) is 7.46. The largest absolute Gasteiger partial charge is 0.457 e. The average Bonchev–Trinajstić information content (AvgIpc) is 2.77. The molecule has 0 bridgehead atoms. The first kappa shape index (κ1) is 22.2. The number of fused-ring (bicyclic) bond motifs is 1. The molecule has 0 aliphatic rings. The highest BCUT2D eigenvalue weighted by atomic mass is 19.3. The SMILES string of the molecule is CC(F)(F)c1cc(C=O)ccc1Oc1ccc2c(c1)c(=O)ncn2Cc1ccc(F)cc1F. The Bertz CT molecular complexity index is 1430. The Morgan fingerprint density at radius 3 is 2.55 bits per heavy atom. The number of nitrogens with zero attached hydrogens (tertiary/aromatic N) is 2. The van der Waals surface area contributed by atoms with Gasteiger partial charge in [-0.05, 0) is 42.5 Å². The van der Waals surface area contributed by atoms with Gasteiger partial charge in [0.15, 0.2) is 0 Å². The van der Waals surface area contributed by atoms with Crippen LogP contribution in [-0.4, -0.2) is 15.8 Å². The van der Waals surface area contributed by atoms with Gasteiger partial charge in [-0.2, -0.15) is 4.98 Å². The number of carbonyl (C=O) groups excluding carboxylic acids is 1. The minimum atomic E-state index is -3.28. The van der Waals surface area contributed by atoms with Crippen LogP contribution in [0.1, 0.15) is 28.4 Å². The van der Waals surface area contributed by atoms with Crippen LogP contribution in [0.15, 0.2) is 65.7 Å². The summed E-state index contributed by atoms with van der Waals surface area (Å²) in [6.45, 7) is 0.663. The van der Waals surface area contributed by atoms with Gasteiger partial charge in [-0.25, -0.2) is 17.6 Å². The van der Waals surface area contributed by atoms with Crippen molar-refractivity contribution < 1.29 is 27.1 Å². The molecule has 0 saturated heterocycles. The van der Waals surface area contributed by atoms with E-state index < -0.39 is 28.7 Å². The quantitative estimate of drug-likeness (QED) is 0.286. The van der Waals surface area contributed by atoms with Crippen molar-refractivity contribution in [2.24, 2.45) is 0 Å². The van der Waals surface area contributed by atoms with Gasteiger partial charge in [0.2, 0.25) is 0 Å². The van der Waals surface area contributed by atoms with E-state index in [1.54, 1.807) is 0 Å². The van der Waals surface area contributed by atoms with E-state index in [1.165, 1.54) is 47.3 Å². The van der Waals surface area contributed by atoms with Crippen LogP contribution in [0, 0.1) is 11.6 Å². The van der Waals surface area contributed by atoms with Gasteiger partial charge in [0, 0.05) is 24.1 Å². The summed E-state index contributed by atoms with van der Waals surface area (Å²) in [6, 6.07) is 11.1. The second-order valence-corrected chi connectivity index (χ2v) is 7.46. The maximum atomic E-state index is 14.1. The van der Waals surface area contributed by atoms with Gasteiger partial charge in [-0.15, -0.1) is 0 Å². The van der Waals surface area contributed by atoms with Crippen LogP contribution in [0.4, 0.5) is 17.6 Å². The molecule has 1 heterocycles. The number of hydrogen-bond acceptors (Lipinski definition) is 4. The van der Waals surface area contributed by atoms with E-state index in [0.29, 0.717) is 18.7 Å². The molecule has 9 heteroatoms. The third kappa shape index (κ3) is 4.62. The van der Waals surface area contributed by atoms with Crippen molar-refractivity contribution in [3.63, 3.8) is 0 Å². The molecular weight excluding hydrogens is 440 g/mol. The first-order valence-corrected chi connectivity index (χ1v) is 9.74. The Hall–Kier alpha value is -4.01. The van der Waals surface area contributed by atoms with Gasteiger partial charge in [-0.1, -0.05) is 6.07 Å². The van der Waals surface area contributed by atoms with Crippen LogP contribution < -0.4 is 10.3 Å². The number of rotatable bonds is 6. The second kappa shape index (κ2) is 8.50. The lowest BCUT2D eigenvalue weighted by atomic mass is 10.1. The molecule has 0 amide bonds. The van der Waals surface area contributed by atoms with Crippen LogP contribution in [0.3, 0.4) is 0 Å². The number of aldehydes is 1. The number of halogens is 4. The Morgan fingerprint density at radius 2 is 1.85 bits per heavy atom. The molecule has 3 aromatic carbocycles. The summed E-state index contributed by atoms with van der Waals surface area (Å²) >= 11 is 0. The van der Waals surface area contributed by atoms with E-state index in [9.17, 15) is 27.2 Å². The van der Waals surface area contributed by atoms with Crippen molar-refractivity contribution in [3.8, 4) is 11.5 Å².